The van der Waals surface area contributed by atoms with Crippen molar-refractivity contribution in [2.24, 2.45) is 5.84 Å². The Morgan fingerprint density at radius 1 is 1.22 bits per heavy atom. The summed E-state index contributed by atoms with van der Waals surface area (Å²) in [6.45, 7) is 0. The molecule has 0 aliphatic carbocycles. The molecule has 2 aromatic rings. The largest absolute Gasteiger partial charge is 0.308 e. The number of nitrogen functional groups attached to an aromatic ring is 1. The predicted octanol–water partition coefficient (Wildman–Crippen LogP) is 3.40. The third kappa shape index (κ3) is 3.61. The number of anilines is 1. The highest BCUT2D eigenvalue weighted by Crippen LogP contribution is 2.29. The maximum absolute atomic E-state index is 5.39. The Hall–Kier alpha value is -0.760. The first kappa shape index (κ1) is 13.7. The summed E-state index contributed by atoms with van der Waals surface area (Å²) in [5.74, 6) is 6.01. The number of aromatic nitrogens is 2. The van der Waals surface area contributed by atoms with Gasteiger partial charge in [0, 0.05) is 15.4 Å². The second-order valence-corrected chi connectivity index (χ2v) is 6.06. The van der Waals surface area contributed by atoms with Crippen molar-refractivity contribution in [2.75, 3.05) is 11.7 Å². The molecule has 7 heteroatoms. The first-order valence-electron chi connectivity index (χ1n) is 5.04. The lowest BCUT2D eigenvalue weighted by Crippen LogP contribution is -2.09. The van der Waals surface area contributed by atoms with E-state index in [1.807, 2.05) is 36.6 Å². The first-order valence-corrected chi connectivity index (χ1v) is 7.88. The van der Waals surface area contributed by atoms with Gasteiger partial charge in [0.15, 0.2) is 5.16 Å². The Labute approximate surface area is 122 Å². The molecular weight excluding hydrogens is 332 g/mol. The highest BCUT2D eigenvalue weighted by molar-refractivity contribution is 9.10. The Morgan fingerprint density at radius 3 is 2.56 bits per heavy atom. The molecule has 0 bridgehead atoms. The lowest BCUT2D eigenvalue weighted by Gasteiger charge is -2.06. The molecule has 0 unspecified atom stereocenters. The van der Waals surface area contributed by atoms with Gasteiger partial charge in [-0.05, 0) is 30.5 Å². The van der Waals surface area contributed by atoms with Crippen molar-refractivity contribution in [3.63, 3.8) is 0 Å². The second kappa shape index (κ2) is 6.42. The number of thioether (sulfide) groups is 1. The van der Waals surface area contributed by atoms with Gasteiger partial charge < -0.3 is 5.43 Å². The van der Waals surface area contributed by atoms with Gasteiger partial charge in [-0.25, -0.2) is 15.8 Å². The number of halogens is 1. The number of hydrogen-bond donors (Lipinski definition) is 2. The number of hydrogen-bond acceptors (Lipinski definition) is 6. The minimum absolute atomic E-state index is 0.619. The van der Waals surface area contributed by atoms with Crippen LogP contribution in [-0.2, 0) is 0 Å². The monoisotopic (exact) mass is 342 g/mol. The molecule has 0 spiro atoms. The lowest BCUT2D eigenvalue weighted by molar-refractivity contribution is 0.893. The van der Waals surface area contributed by atoms with Crippen LogP contribution < -0.4 is 11.3 Å². The van der Waals surface area contributed by atoms with Crippen molar-refractivity contribution in [1.82, 2.24) is 9.97 Å². The Kier molecular flexibility index (Phi) is 4.87. The zero-order valence-electron chi connectivity index (χ0n) is 9.55. The summed E-state index contributed by atoms with van der Waals surface area (Å²) < 4.78 is 1.06. The van der Waals surface area contributed by atoms with E-state index in [1.54, 1.807) is 11.8 Å². The molecule has 0 saturated heterocycles. The molecule has 0 aliphatic heterocycles. The highest BCUT2D eigenvalue weighted by Gasteiger charge is 2.05. The zero-order chi connectivity index (χ0) is 13.0. The van der Waals surface area contributed by atoms with Crippen LogP contribution in [0.3, 0.4) is 0 Å². The summed E-state index contributed by atoms with van der Waals surface area (Å²) in [6, 6.07) is 9.89. The van der Waals surface area contributed by atoms with E-state index in [0.717, 1.165) is 14.4 Å². The minimum Gasteiger partial charge on any atom is -0.308 e. The molecule has 0 amide bonds. The van der Waals surface area contributed by atoms with Crippen LogP contribution in [0.25, 0.3) is 0 Å². The van der Waals surface area contributed by atoms with E-state index in [0.29, 0.717) is 11.0 Å². The predicted molar refractivity (Wildman–Crippen MR) is 79.9 cm³/mol. The molecule has 1 heterocycles. The van der Waals surface area contributed by atoms with E-state index in [9.17, 15) is 0 Å². The normalized spacial score (nSPS) is 10.4. The molecule has 0 radical (unpaired) electrons. The second-order valence-electron chi connectivity index (χ2n) is 3.28. The Morgan fingerprint density at radius 2 is 1.94 bits per heavy atom. The number of benzene rings is 1. The van der Waals surface area contributed by atoms with Gasteiger partial charge in [0.05, 0.1) is 0 Å². The Bertz CT molecular complexity index is 511. The highest BCUT2D eigenvalue weighted by atomic mass is 79.9. The fourth-order valence-corrected chi connectivity index (χ4v) is 2.76. The zero-order valence-corrected chi connectivity index (χ0v) is 12.8. The molecule has 1 aromatic heterocycles. The SMILES string of the molecule is CSc1nc(NN)cc(Sc2ccc(Br)cc2)n1. The average Bonchev–Trinajstić information content (AvgIpc) is 2.41. The number of nitrogens with zero attached hydrogens (tertiary/aromatic N) is 2. The maximum Gasteiger partial charge on any atom is 0.190 e. The van der Waals surface area contributed by atoms with Crippen LogP contribution in [0.2, 0.25) is 0 Å². The Balaban J connectivity index is 2.25. The van der Waals surface area contributed by atoms with Gasteiger partial charge in [-0.2, -0.15) is 0 Å². The molecule has 4 nitrogen and oxygen atoms in total. The molecule has 94 valence electrons. The fourth-order valence-electron chi connectivity index (χ4n) is 1.24. The number of nitrogens with one attached hydrogen (secondary N) is 1. The molecular formula is C11H11BrN4S2. The van der Waals surface area contributed by atoms with E-state index in [-0.39, 0.29) is 0 Å². The minimum atomic E-state index is 0.619. The van der Waals surface area contributed by atoms with Crippen molar-refractivity contribution in [2.45, 2.75) is 15.1 Å². The van der Waals surface area contributed by atoms with Gasteiger partial charge in [-0.1, -0.05) is 39.5 Å². The van der Waals surface area contributed by atoms with Crippen LogP contribution in [0.4, 0.5) is 5.82 Å². The molecule has 18 heavy (non-hydrogen) atoms. The maximum atomic E-state index is 5.39. The molecule has 0 saturated carbocycles. The molecule has 3 N–H and O–H groups in total. The van der Waals surface area contributed by atoms with Gasteiger partial charge in [-0.15, -0.1) is 0 Å². The fraction of sp³-hybridized carbons (Fsp3) is 0.0909. The van der Waals surface area contributed by atoms with Crippen molar-refractivity contribution < 1.29 is 0 Å². The van der Waals surface area contributed by atoms with Gasteiger partial charge >= 0.3 is 0 Å². The summed E-state index contributed by atoms with van der Waals surface area (Å²) in [6.07, 6.45) is 1.93. The van der Waals surface area contributed by atoms with Crippen molar-refractivity contribution >= 4 is 45.3 Å². The van der Waals surface area contributed by atoms with Crippen molar-refractivity contribution in [3.05, 3.63) is 34.8 Å². The van der Waals surface area contributed by atoms with E-state index < -0.39 is 0 Å². The molecule has 2 rings (SSSR count). The van der Waals surface area contributed by atoms with Crippen LogP contribution in [0, 0.1) is 0 Å². The van der Waals surface area contributed by atoms with Crippen LogP contribution in [0.15, 0.2) is 49.9 Å². The van der Waals surface area contributed by atoms with E-state index in [4.69, 9.17) is 5.84 Å². The van der Waals surface area contributed by atoms with Crippen LogP contribution in [0.5, 0.6) is 0 Å². The quantitative estimate of drug-likeness (QED) is 0.292. The van der Waals surface area contributed by atoms with Gasteiger partial charge in [0.2, 0.25) is 0 Å². The van der Waals surface area contributed by atoms with E-state index >= 15 is 0 Å². The third-order valence-electron chi connectivity index (χ3n) is 2.05. The van der Waals surface area contributed by atoms with E-state index in [2.05, 4.69) is 31.3 Å². The molecule has 0 fully saturated rings. The third-order valence-corrected chi connectivity index (χ3v) is 4.05. The summed E-state index contributed by atoms with van der Waals surface area (Å²) in [4.78, 5) is 9.76. The average molecular weight is 343 g/mol. The summed E-state index contributed by atoms with van der Waals surface area (Å²) >= 11 is 6.47. The number of hydrazine groups is 1. The van der Waals surface area contributed by atoms with Crippen LogP contribution in [0.1, 0.15) is 0 Å². The first-order chi connectivity index (χ1) is 8.71. The van der Waals surface area contributed by atoms with E-state index in [1.165, 1.54) is 11.8 Å². The standard InChI is InChI=1S/C11H11BrN4S2/c1-17-11-14-9(16-13)6-10(15-11)18-8-4-2-7(12)3-5-8/h2-6H,13H2,1H3,(H,14,15,16). The van der Waals surface area contributed by atoms with Crippen LogP contribution in [-0.4, -0.2) is 16.2 Å². The van der Waals surface area contributed by atoms with Gasteiger partial charge in [0.1, 0.15) is 10.8 Å². The van der Waals surface area contributed by atoms with Gasteiger partial charge in [-0.3, -0.25) is 0 Å². The summed E-state index contributed by atoms with van der Waals surface area (Å²) in [5.41, 5.74) is 2.55. The summed E-state index contributed by atoms with van der Waals surface area (Å²) in [5, 5.41) is 1.56. The van der Waals surface area contributed by atoms with Crippen molar-refractivity contribution in [3.8, 4) is 0 Å². The topological polar surface area (TPSA) is 63.8 Å². The van der Waals surface area contributed by atoms with Crippen molar-refractivity contribution in [1.29, 1.82) is 0 Å². The lowest BCUT2D eigenvalue weighted by atomic mass is 10.4. The number of nitrogens with two attached hydrogens (primary N) is 1. The van der Waals surface area contributed by atoms with Gasteiger partial charge in [0.25, 0.3) is 0 Å². The molecule has 0 aliphatic rings. The van der Waals surface area contributed by atoms with Crippen LogP contribution >= 0.6 is 39.5 Å². The smallest absolute Gasteiger partial charge is 0.190 e. The molecule has 0 atom stereocenters. The molecule has 1 aromatic carbocycles. The number of rotatable bonds is 4. The summed E-state index contributed by atoms with van der Waals surface area (Å²) in [7, 11) is 0.